The number of benzene rings is 1. The molecule has 32 heavy (non-hydrogen) atoms. The number of ether oxygens (including phenoxy) is 2. The molecule has 172 valence electrons. The number of nitrogens with one attached hydrogen (secondary N) is 1. The van der Waals surface area contributed by atoms with Gasteiger partial charge in [-0.25, -0.2) is 4.98 Å². The van der Waals surface area contributed by atoms with E-state index in [9.17, 15) is 4.79 Å². The molecule has 0 bridgehead atoms. The molecule has 2 aromatic rings. The normalized spacial score (nSPS) is 19.5. The van der Waals surface area contributed by atoms with Gasteiger partial charge in [0.15, 0.2) is 17.2 Å². The maximum Gasteiger partial charge on any atom is 0.273 e. The molecule has 1 amide bonds. The van der Waals surface area contributed by atoms with Gasteiger partial charge in [-0.2, -0.15) is 0 Å². The van der Waals surface area contributed by atoms with Crippen LogP contribution in [-0.4, -0.2) is 84.7 Å². The first kappa shape index (κ1) is 21.2. The predicted octanol–water partition coefficient (Wildman–Crippen LogP) is 1.55. The van der Waals surface area contributed by atoms with Gasteiger partial charge in [0.05, 0.1) is 6.54 Å². The molecule has 3 aliphatic heterocycles. The van der Waals surface area contributed by atoms with E-state index in [0.717, 1.165) is 63.9 Å². The molecule has 0 aliphatic carbocycles. The third kappa shape index (κ3) is 5.23. The summed E-state index contributed by atoms with van der Waals surface area (Å²) in [5.74, 6) is 2.09. The molecule has 1 N–H and O–H groups in total. The van der Waals surface area contributed by atoms with Crippen LogP contribution in [0.5, 0.6) is 11.5 Å². The van der Waals surface area contributed by atoms with Crippen LogP contribution in [0.4, 0.5) is 0 Å². The lowest BCUT2D eigenvalue weighted by atomic mass is 10.1. The predicted molar refractivity (Wildman–Crippen MR) is 118 cm³/mol. The number of carbonyl (C=O) groups is 1. The summed E-state index contributed by atoms with van der Waals surface area (Å²) in [4.78, 5) is 23.8. The van der Waals surface area contributed by atoms with E-state index in [0.29, 0.717) is 31.5 Å². The van der Waals surface area contributed by atoms with Crippen LogP contribution in [0.15, 0.2) is 28.9 Å². The SMILES string of the molecule is O=C(NCCN1CCCC1)c1coc(CN2CCN(Cc3ccc4c(c3)OCO4)CC2)n1. The molecule has 0 atom stereocenters. The largest absolute Gasteiger partial charge is 0.454 e. The average Bonchev–Trinajstić information content (AvgIpc) is 3.57. The summed E-state index contributed by atoms with van der Waals surface area (Å²) in [6.45, 7) is 9.44. The van der Waals surface area contributed by atoms with Gasteiger partial charge in [0.2, 0.25) is 12.7 Å². The first-order valence-electron chi connectivity index (χ1n) is 11.5. The minimum Gasteiger partial charge on any atom is -0.454 e. The average molecular weight is 442 g/mol. The van der Waals surface area contributed by atoms with Crippen molar-refractivity contribution in [1.29, 1.82) is 0 Å². The van der Waals surface area contributed by atoms with Crippen LogP contribution >= 0.6 is 0 Å². The zero-order chi connectivity index (χ0) is 21.8. The number of likely N-dealkylation sites (tertiary alicyclic amines) is 1. The molecule has 9 heteroatoms. The molecule has 0 radical (unpaired) electrons. The number of oxazole rings is 1. The van der Waals surface area contributed by atoms with Crippen molar-refractivity contribution in [2.24, 2.45) is 0 Å². The number of hydrogen-bond donors (Lipinski definition) is 1. The zero-order valence-corrected chi connectivity index (χ0v) is 18.4. The van der Waals surface area contributed by atoms with Crippen LogP contribution in [0.3, 0.4) is 0 Å². The summed E-state index contributed by atoms with van der Waals surface area (Å²) in [7, 11) is 0. The molecule has 4 heterocycles. The van der Waals surface area contributed by atoms with Gasteiger partial charge in [0, 0.05) is 45.8 Å². The monoisotopic (exact) mass is 441 g/mol. The smallest absolute Gasteiger partial charge is 0.273 e. The van der Waals surface area contributed by atoms with Crippen LogP contribution in [-0.2, 0) is 13.1 Å². The first-order chi connectivity index (χ1) is 15.7. The molecule has 2 saturated heterocycles. The van der Waals surface area contributed by atoms with E-state index >= 15 is 0 Å². The van der Waals surface area contributed by atoms with Gasteiger partial charge in [0.1, 0.15) is 6.26 Å². The summed E-state index contributed by atoms with van der Waals surface area (Å²) in [5, 5.41) is 2.95. The van der Waals surface area contributed by atoms with Gasteiger partial charge in [-0.05, 0) is 43.6 Å². The van der Waals surface area contributed by atoms with Crippen LogP contribution in [0, 0.1) is 0 Å². The Hall–Kier alpha value is -2.62. The number of fused-ring (bicyclic) bond motifs is 1. The van der Waals surface area contributed by atoms with E-state index in [2.05, 4.69) is 37.1 Å². The number of rotatable bonds is 8. The van der Waals surface area contributed by atoms with Gasteiger partial charge in [0.25, 0.3) is 5.91 Å². The fourth-order valence-electron chi connectivity index (χ4n) is 4.51. The van der Waals surface area contributed by atoms with Crippen LogP contribution in [0.2, 0.25) is 0 Å². The molecular formula is C23H31N5O4. The van der Waals surface area contributed by atoms with Crippen molar-refractivity contribution in [1.82, 2.24) is 25.0 Å². The lowest BCUT2D eigenvalue weighted by molar-refractivity contribution is 0.0944. The van der Waals surface area contributed by atoms with Gasteiger partial charge >= 0.3 is 0 Å². The number of nitrogens with zero attached hydrogens (tertiary/aromatic N) is 4. The maximum atomic E-state index is 12.3. The number of carbonyl (C=O) groups excluding carboxylic acids is 1. The second-order valence-electron chi connectivity index (χ2n) is 8.67. The fraction of sp³-hybridized carbons (Fsp3) is 0.565. The fourth-order valence-corrected chi connectivity index (χ4v) is 4.51. The molecule has 1 aromatic carbocycles. The van der Waals surface area contributed by atoms with E-state index < -0.39 is 0 Å². The van der Waals surface area contributed by atoms with E-state index in [4.69, 9.17) is 13.9 Å². The molecule has 3 aliphatic rings. The third-order valence-corrected chi connectivity index (χ3v) is 6.36. The molecule has 0 saturated carbocycles. The van der Waals surface area contributed by atoms with Crippen LogP contribution < -0.4 is 14.8 Å². The maximum absolute atomic E-state index is 12.3. The molecule has 5 rings (SSSR count). The van der Waals surface area contributed by atoms with E-state index in [-0.39, 0.29) is 5.91 Å². The summed E-state index contributed by atoms with van der Waals surface area (Å²) in [6.07, 6.45) is 3.98. The number of hydrogen-bond acceptors (Lipinski definition) is 8. The minimum atomic E-state index is -0.159. The second-order valence-corrected chi connectivity index (χ2v) is 8.67. The van der Waals surface area contributed by atoms with E-state index in [1.807, 2.05) is 6.07 Å². The van der Waals surface area contributed by atoms with Crippen molar-refractivity contribution in [3.8, 4) is 11.5 Å². The van der Waals surface area contributed by atoms with Crippen molar-refractivity contribution >= 4 is 5.91 Å². The van der Waals surface area contributed by atoms with E-state index in [1.54, 1.807) is 0 Å². The standard InChI is InChI=1S/C23H31N5O4/c29-23(24-5-8-26-6-1-2-7-26)19-16-30-22(25-19)15-28-11-9-27(10-12-28)14-18-3-4-20-21(13-18)32-17-31-20/h3-4,13,16H,1-2,5-12,14-15,17H2,(H,24,29). The highest BCUT2D eigenvalue weighted by Crippen LogP contribution is 2.32. The Labute approximate surface area is 188 Å². The molecule has 2 fully saturated rings. The highest BCUT2D eigenvalue weighted by atomic mass is 16.7. The summed E-state index contributed by atoms with van der Waals surface area (Å²) < 4.78 is 16.4. The lowest BCUT2D eigenvalue weighted by Gasteiger charge is -2.34. The zero-order valence-electron chi connectivity index (χ0n) is 18.4. The van der Waals surface area contributed by atoms with Crippen molar-refractivity contribution < 1.29 is 18.7 Å². The summed E-state index contributed by atoms with van der Waals surface area (Å²) in [6, 6.07) is 6.15. The number of aromatic nitrogens is 1. The molecule has 1 aromatic heterocycles. The van der Waals surface area contributed by atoms with Gasteiger partial charge in [-0.15, -0.1) is 0 Å². The topological polar surface area (TPSA) is 83.3 Å². The number of amides is 1. The first-order valence-corrected chi connectivity index (χ1v) is 11.5. The Morgan fingerprint density at radius 3 is 2.50 bits per heavy atom. The third-order valence-electron chi connectivity index (χ3n) is 6.36. The van der Waals surface area contributed by atoms with Crippen LogP contribution in [0.1, 0.15) is 34.8 Å². The van der Waals surface area contributed by atoms with Gasteiger partial charge < -0.3 is 24.1 Å². The molecular weight excluding hydrogens is 410 g/mol. The Kier molecular flexibility index (Phi) is 6.56. The Balaban J connectivity index is 1.04. The van der Waals surface area contributed by atoms with E-state index in [1.165, 1.54) is 24.7 Å². The number of piperazine rings is 1. The Morgan fingerprint density at radius 2 is 1.69 bits per heavy atom. The van der Waals surface area contributed by atoms with Crippen molar-refractivity contribution in [3.63, 3.8) is 0 Å². The molecule has 0 spiro atoms. The highest BCUT2D eigenvalue weighted by Gasteiger charge is 2.21. The molecule has 9 nitrogen and oxygen atoms in total. The highest BCUT2D eigenvalue weighted by molar-refractivity contribution is 5.91. The van der Waals surface area contributed by atoms with Crippen molar-refractivity contribution in [2.75, 3.05) is 59.2 Å². The summed E-state index contributed by atoms with van der Waals surface area (Å²) in [5.41, 5.74) is 1.60. The molecule has 0 unspecified atom stereocenters. The van der Waals surface area contributed by atoms with Gasteiger partial charge in [-0.1, -0.05) is 6.07 Å². The van der Waals surface area contributed by atoms with Crippen molar-refractivity contribution in [3.05, 3.63) is 41.6 Å². The van der Waals surface area contributed by atoms with Crippen LogP contribution in [0.25, 0.3) is 0 Å². The second kappa shape index (κ2) is 9.89. The lowest BCUT2D eigenvalue weighted by Crippen LogP contribution is -2.45. The van der Waals surface area contributed by atoms with Gasteiger partial charge in [-0.3, -0.25) is 14.6 Å². The minimum absolute atomic E-state index is 0.159. The Morgan fingerprint density at radius 1 is 0.938 bits per heavy atom. The quantitative estimate of drug-likeness (QED) is 0.661. The summed E-state index contributed by atoms with van der Waals surface area (Å²) >= 11 is 0. The Bertz CT molecular complexity index is 919. The van der Waals surface area contributed by atoms with Crippen molar-refractivity contribution in [2.45, 2.75) is 25.9 Å².